The first-order valence-electron chi connectivity index (χ1n) is 6.85. The van der Waals surface area contributed by atoms with Crippen LogP contribution in [0.4, 0.5) is 0 Å². The number of nitrogens with one attached hydrogen (secondary N) is 2. The van der Waals surface area contributed by atoms with Gasteiger partial charge in [0.1, 0.15) is 5.75 Å². The lowest BCUT2D eigenvalue weighted by molar-refractivity contribution is -0.126. The van der Waals surface area contributed by atoms with E-state index in [9.17, 15) is 4.79 Å². The highest BCUT2D eigenvalue weighted by Crippen LogP contribution is 2.25. The second-order valence-electron chi connectivity index (χ2n) is 5.01. The van der Waals surface area contributed by atoms with Crippen LogP contribution in [0.3, 0.4) is 0 Å². The molecule has 20 heavy (non-hydrogen) atoms. The molecule has 0 radical (unpaired) electrons. The van der Waals surface area contributed by atoms with Gasteiger partial charge in [0.2, 0.25) is 5.91 Å². The van der Waals surface area contributed by atoms with Gasteiger partial charge in [-0.15, -0.1) is 0 Å². The van der Waals surface area contributed by atoms with Crippen molar-refractivity contribution >= 4 is 5.91 Å². The van der Waals surface area contributed by atoms with E-state index in [1.54, 1.807) is 7.11 Å². The number of ether oxygens (including phenoxy) is 2. The maximum absolute atomic E-state index is 12.3. The Bertz CT molecular complexity index is 464. The van der Waals surface area contributed by atoms with Gasteiger partial charge in [-0.2, -0.15) is 0 Å². The molecule has 0 saturated carbocycles. The Labute approximate surface area is 119 Å². The molecule has 1 saturated heterocycles. The third kappa shape index (κ3) is 3.11. The monoisotopic (exact) mass is 278 g/mol. The summed E-state index contributed by atoms with van der Waals surface area (Å²) in [4.78, 5) is 12.3. The fourth-order valence-corrected chi connectivity index (χ4v) is 2.52. The largest absolute Gasteiger partial charge is 0.496 e. The zero-order chi connectivity index (χ0) is 14.5. The molecule has 1 heterocycles. The number of rotatable bonds is 5. The fourth-order valence-electron chi connectivity index (χ4n) is 2.52. The van der Waals surface area contributed by atoms with Gasteiger partial charge < -0.3 is 20.1 Å². The van der Waals surface area contributed by atoms with Gasteiger partial charge in [-0.1, -0.05) is 18.2 Å². The summed E-state index contributed by atoms with van der Waals surface area (Å²) in [6.45, 7) is 3.01. The second kappa shape index (κ2) is 6.72. The minimum atomic E-state index is -0.142. The number of para-hydroxylation sites is 1. The number of methoxy groups -OCH3 is 1. The van der Waals surface area contributed by atoms with Crippen LogP contribution in [0.1, 0.15) is 18.5 Å². The summed E-state index contributed by atoms with van der Waals surface area (Å²) < 4.78 is 10.7. The Morgan fingerprint density at radius 3 is 2.85 bits per heavy atom. The lowest BCUT2D eigenvalue weighted by atomic mass is 10.0. The Kier molecular flexibility index (Phi) is 4.98. The molecular weight excluding hydrogens is 256 g/mol. The van der Waals surface area contributed by atoms with Crippen LogP contribution in [-0.2, 0) is 9.53 Å². The van der Waals surface area contributed by atoms with Crippen molar-refractivity contribution in [2.24, 2.45) is 5.92 Å². The smallest absolute Gasteiger partial charge is 0.227 e. The normalized spacial score (nSPS) is 23.4. The molecule has 1 aliphatic heterocycles. The average molecular weight is 278 g/mol. The molecule has 5 nitrogen and oxygen atoms in total. The Morgan fingerprint density at radius 2 is 2.15 bits per heavy atom. The van der Waals surface area contributed by atoms with E-state index in [-0.39, 0.29) is 23.9 Å². The van der Waals surface area contributed by atoms with Gasteiger partial charge in [0.15, 0.2) is 0 Å². The molecule has 2 N–H and O–H groups in total. The van der Waals surface area contributed by atoms with Gasteiger partial charge in [0.25, 0.3) is 0 Å². The molecule has 0 aromatic heterocycles. The van der Waals surface area contributed by atoms with Crippen molar-refractivity contribution in [3.8, 4) is 5.75 Å². The van der Waals surface area contributed by atoms with E-state index in [4.69, 9.17) is 9.47 Å². The highest BCUT2D eigenvalue weighted by atomic mass is 16.5. The number of amides is 1. The van der Waals surface area contributed by atoms with Crippen molar-refractivity contribution in [2.45, 2.75) is 19.0 Å². The van der Waals surface area contributed by atoms with Crippen LogP contribution in [-0.4, -0.2) is 39.3 Å². The first-order valence-corrected chi connectivity index (χ1v) is 6.85. The molecule has 1 aromatic carbocycles. The van der Waals surface area contributed by atoms with Crippen LogP contribution in [0.15, 0.2) is 24.3 Å². The van der Waals surface area contributed by atoms with E-state index < -0.39 is 0 Å². The summed E-state index contributed by atoms with van der Waals surface area (Å²) in [5.41, 5.74) is 0.975. The van der Waals surface area contributed by atoms with E-state index in [1.165, 1.54) is 0 Å². The van der Waals surface area contributed by atoms with Crippen molar-refractivity contribution in [3.63, 3.8) is 0 Å². The first kappa shape index (κ1) is 14.8. The molecule has 5 heteroatoms. The summed E-state index contributed by atoms with van der Waals surface area (Å²) in [6, 6.07) is 7.70. The Morgan fingerprint density at radius 1 is 1.40 bits per heavy atom. The number of hydrogen-bond donors (Lipinski definition) is 2. The summed E-state index contributed by atoms with van der Waals surface area (Å²) >= 11 is 0. The number of likely N-dealkylation sites (N-methyl/N-ethyl adjacent to an activating group) is 1. The molecule has 1 amide bonds. The van der Waals surface area contributed by atoms with E-state index in [0.717, 1.165) is 11.3 Å². The molecule has 1 fully saturated rings. The van der Waals surface area contributed by atoms with Crippen LogP contribution in [0, 0.1) is 5.92 Å². The van der Waals surface area contributed by atoms with Gasteiger partial charge in [-0.05, 0) is 20.0 Å². The van der Waals surface area contributed by atoms with Gasteiger partial charge in [-0.25, -0.2) is 0 Å². The van der Waals surface area contributed by atoms with Crippen molar-refractivity contribution in [3.05, 3.63) is 29.8 Å². The molecule has 0 spiro atoms. The van der Waals surface area contributed by atoms with Crippen LogP contribution in [0.25, 0.3) is 0 Å². The van der Waals surface area contributed by atoms with Gasteiger partial charge in [0.05, 0.1) is 32.3 Å². The lowest BCUT2D eigenvalue weighted by Crippen LogP contribution is -2.43. The maximum atomic E-state index is 12.3. The average Bonchev–Trinajstić information content (AvgIpc) is 2.95. The molecular formula is C15H22N2O3. The Balaban J connectivity index is 2.03. The number of carbonyl (C=O) groups is 1. The molecule has 1 aromatic rings. The van der Waals surface area contributed by atoms with Gasteiger partial charge in [-0.3, -0.25) is 4.79 Å². The molecule has 2 unspecified atom stereocenters. The van der Waals surface area contributed by atoms with E-state index in [0.29, 0.717) is 13.2 Å². The van der Waals surface area contributed by atoms with Gasteiger partial charge >= 0.3 is 0 Å². The maximum Gasteiger partial charge on any atom is 0.227 e. The van der Waals surface area contributed by atoms with Crippen molar-refractivity contribution in [2.75, 3.05) is 27.4 Å². The zero-order valence-corrected chi connectivity index (χ0v) is 12.2. The van der Waals surface area contributed by atoms with Crippen molar-refractivity contribution in [1.82, 2.24) is 10.6 Å². The number of benzene rings is 1. The standard InChI is InChI=1S/C15H22N2O3/c1-10(11-6-4-5-7-14(11)19-3)17-15(18)12-8-20-9-13(12)16-2/h4-7,10,12-13,16H,8-9H2,1-3H3,(H,17,18)/t10-,12?,13?/m0/s1. The number of hydrogen-bond acceptors (Lipinski definition) is 4. The zero-order valence-electron chi connectivity index (χ0n) is 12.2. The molecule has 0 aliphatic carbocycles. The summed E-state index contributed by atoms with van der Waals surface area (Å²) in [7, 11) is 3.48. The van der Waals surface area contributed by atoms with Crippen LogP contribution < -0.4 is 15.4 Å². The molecule has 3 atom stereocenters. The molecule has 0 bridgehead atoms. The third-order valence-electron chi connectivity index (χ3n) is 3.75. The summed E-state index contributed by atoms with van der Waals surface area (Å²) in [6.07, 6.45) is 0. The SMILES string of the molecule is CNC1COCC1C(=O)N[C@@H](C)c1ccccc1OC. The molecule has 1 aliphatic rings. The fraction of sp³-hybridized carbons (Fsp3) is 0.533. The van der Waals surface area contributed by atoms with Crippen molar-refractivity contribution in [1.29, 1.82) is 0 Å². The summed E-state index contributed by atoms with van der Waals surface area (Å²) in [5, 5.41) is 6.16. The quantitative estimate of drug-likeness (QED) is 0.847. The number of carbonyl (C=O) groups excluding carboxylic acids is 1. The Hall–Kier alpha value is -1.59. The summed E-state index contributed by atoms with van der Waals surface area (Å²) in [5.74, 6) is 0.658. The predicted octanol–water partition coefficient (Wildman–Crippen LogP) is 1.11. The highest BCUT2D eigenvalue weighted by Gasteiger charge is 2.33. The van der Waals surface area contributed by atoms with Crippen LogP contribution in [0.5, 0.6) is 5.75 Å². The topological polar surface area (TPSA) is 59.6 Å². The minimum Gasteiger partial charge on any atom is -0.496 e. The van der Waals surface area contributed by atoms with Crippen LogP contribution >= 0.6 is 0 Å². The highest BCUT2D eigenvalue weighted by molar-refractivity contribution is 5.80. The molecule has 110 valence electrons. The van der Waals surface area contributed by atoms with E-state index >= 15 is 0 Å². The van der Waals surface area contributed by atoms with Crippen molar-refractivity contribution < 1.29 is 14.3 Å². The minimum absolute atomic E-state index is 0.0141. The van der Waals surface area contributed by atoms with Crippen LogP contribution in [0.2, 0.25) is 0 Å². The predicted molar refractivity (Wildman–Crippen MR) is 76.7 cm³/mol. The third-order valence-corrected chi connectivity index (χ3v) is 3.75. The first-order chi connectivity index (χ1) is 9.67. The van der Waals surface area contributed by atoms with E-state index in [1.807, 2.05) is 38.2 Å². The molecule has 2 rings (SSSR count). The van der Waals surface area contributed by atoms with E-state index in [2.05, 4.69) is 10.6 Å². The van der Waals surface area contributed by atoms with Gasteiger partial charge in [0, 0.05) is 11.6 Å². The lowest BCUT2D eigenvalue weighted by Gasteiger charge is -2.21. The second-order valence-corrected chi connectivity index (χ2v) is 5.01.